The summed E-state index contributed by atoms with van der Waals surface area (Å²) in [4.78, 5) is 0. The van der Waals surface area contributed by atoms with Gasteiger partial charge in [-0.1, -0.05) is 89.6 Å². The van der Waals surface area contributed by atoms with Crippen molar-refractivity contribution in [1.82, 2.24) is 0 Å². The van der Waals surface area contributed by atoms with E-state index in [4.69, 9.17) is 0 Å². The van der Waals surface area contributed by atoms with Crippen molar-refractivity contribution >= 4 is 37.8 Å². The molecular formula is C44H39FN2+2. The number of halogens is 1. The van der Waals surface area contributed by atoms with Gasteiger partial charge in [-0.15, -0.1) is 8.97 Å². The van der Waals surface area contributed by atoms with Crippen molar-refractivity contribution in [2.75, 3.05) is 0 Å². The van der Waals surface area contributed by atoms with E-state index in [1.165, 1.54) is 49.2 Å². The minimum absolute atomic E-state index is 0.120. The summed E-state index contributed by atoms with van der Waals surface area (Å²) < 4.78 is 21.5. The molecule has 0 spiro atoms. The highest BCUT2D eigenvalue weighted by Gasteiger charge is 2.53. The van der Waals surface area contributed by atoms with Crippen LogP contribution in [0.3, 0.4) is 0 Å². The van der Waals surface area contributed by atoms with Gasteiger partial charge in [-0.2, -0.15) is 0 Å². The number of fused-ring (bicyclic) bond motifs is 9. The van der Waals surface area contributed by atoms with Gasteiger partial charge in [-0.25, -0.2) is 4.39 Å². The summed E-state index contributed by atoms with van der Waals surface area (Å²) in [7, 11) is 0. The van der Waals surface area contributed by atoms with Crippen LogP contribution >= 0.6 is 0 Å². The van der Waals surface area contributed by atoms with E-state index >= 15 is 4.39 Å². The van der Waals surface area contributed by atoms with Gasteiger partial charge in [0.2, 0.25) is 11.2 Å². The molecule has 2 aliphatic rings. The molecule has 47 heavy (non-hydrogen) atoms. The first kappa shape index (κ1) is 28.4. The molecule has 9 rings (SSSR count). The van der Waals surface area contributed by atoms with Crippen LogP contribution in [0.4, 0.5) is 4.39 Å². The van der Waals surface area contributed by atoms with Crippen LogP contribution in [0.5, 0.6) is 0 Å². The largest absolute Gasteiger partial charge is 0.460 e. The maximum absolute atomic E-state index is 16.7. The predicted molar refractivity (Wildman–Crippen MR) is 189 cm³/mol. The van der Waals surface area contributed by atoms with Crippen LogP contribution in [0.2, 0.25) is 0 Å². The maximum Gasteiger partial charge on any atom is 0.460 e. The Balaban J connectivity index is 1.59. The van der Waals surface area contributed by atoms with Crippen molar-refractivity contribution in [2.24, 2.45) is 0 Å². The summed E-state index contributed by atoms with van der Waals surface area (Å²) in [6, 6.07) is 32.9. The molecule has 3 heteroatoms. The lowest BCUT2D eigenvalue weighted by molar-refractivity contribution is -0.699. The van der Waals surface area contributed by atoms with Crippen molar-refractivity contribution in [3.8, 4) is 17.1 Å². The zero-order chi connectivity index (χ0) is 32.2. The average Bonchev–Trinajstić information content (AvgIpc) is 3.20. The third-order valence-corrected chi connectivity index (χ3v) is 11.7. The Kier molecular flexibility index (Phi) is 5.95. The van der Waals surface area contributed by atoms with Gasteiger partial charge in [0, 0.05) is 33.9 Å². The highest BCUT2D eigenvalue weighted by atomic mass is 19.1. The van der Waals surface area contributed by atoms with Gasteiger partial charge in [0.25, 0.3) is 0 Å². The number of nitrogens with zero attached hydrogens (tertiary/aromatic N) is 2. The predicted octanol–water partition coefficient (Wildman–Crippen LogP) is 9.97. The van der Waals surface area contributed by atoms with Crippen molar-refractivity contribution in [2.45, 2.75) is 77.6 Å². The van der Waals surface area contributed by atoms with E-state index < -0.39 is 5.41 Å². The Morgan fingerprint density at radius 1 is 0.809 bits per heavy atom. The number of aromatic nitrogens is 2. The smallest absolute Gasteiger partial charge is 0.207 e. The summed E-state index contributed by atoms with van der Waals surface area (Å²) in [5.41, 5.74) is 8.30. The number of hydrogen-bond acceptors (Lipinski definition) is 0. The summed E-state index contributed by atoms with van der Waals surface area (Å²) in [5.74, 6) is 1.01. The molecule has 0 N–H and O–H groups in total. The number of hydrogen-bond donors (Lipinski definition) is 0. The van der Waals surface area contributed by atoms with Crippen molar-refractivity contribution in [3.63, 3.8) is 0 Å². The number of aryl methyl sites for hydroxylation is 1. The lowest BCUT2D eigenvalue weighted by atomic mass is 9.63. The SMILES string of the molecule is CCCCc1cc2c3c4[n+](ccc3c1)-c1c(c3ccc#cc3c3c5ccccc5cc[n+]13)C(CC)(CC)c1ccc(F)c(c1-4)C2(C)C. The second-order valence-electron chi connectivity index (χ2n) is 14.2. The highest BCUT2D eigenvalue weighted by Crippen LogP contribution is 2.56. The normalized spacial score (nSPS) is 15.2. The van der Waals surface area contributed by atoms with Crippen LogP contribution < -0.4 is 8.97 Å². The van der Waals surface area contributed by atoms with Gasteiger partial charge in [0.05, 0.1) is 16.3 Å². The Labute approximate surface area is 276 Å². The number of benzene rings is 3. The van der Waals surface area contributed by atoms with Gasteiger partial charge >= 0.3 is 5.82 Å². The summed E-state index contributed by atoms with van der Waals surface area (Å²) >= 11 is 0. The lowest BCUT2D eigenvalue weighted by Gasteiger charge is -2.37. The van der Waals surface area contributed by atoms with Gasteiger partial charge in [0.15, 0.2) is 12.4 Å². The minimum atomic E-state index is -0.512. The molecule has 4 aromatic carbocycles. The Hall–Kier alpha value is -4.81. The average molecular weight is 615 g/mol. The first-order chi connectivity index (χ1) is 22.9. The fraction of sp³-hybridized carbons (Fsp3) is 0.273. The van der Waals surface area contributed by atoms with Crippen molar-refractivity contribution in [1.29, 1.82) is 0 Å². The van der Waals surface area contributed by atoms with Gasteiger partial charge in [-0.3, -0.25) is 0 Å². The Morgan fingerprint density at radius 3 is 2.43 bits per heavy atom. The zero-order valence-electron chi connectivity index (χ0n) is 27.9. The molecule has 1 aliphatic heterocycles. The van der Waals surface area contributed by atoms with Gasteiger partial charge in [0.1, 0.15) is 16.8 Å². The van der Waals surface area contributed by atoms with E-state index in [1.54, 1.807) is 6.07 Å². The van der Waals surface area contributed by atoms with Crippen LogP contribution in [-0.4, -0.2) is 0 Å². The van der Waals surface area contributed by atoms with Crippen molar-refractivity contribution < 1.29 is 13.4 Å². The Morgan fingerprint density at radius 2 is 1.62 bits per heavy atom. The molecule has 0 saturated heterocycles. The highest BCUT2D eigenvalue weighted by molar-refractivity contribution is 6.09. The molecule has 0 atom stereocenters. The molecule has 0 saturated carbocycles. The van der Waals surface area contributed by atoms with E-state index in [0.29, 0.717) is 0 Å². The molecule has 3 aromatic heterocycles. The molecule has 230 valence electrons. The molecule has 2 nitrogen and oxygen atoms in total. The van der Waals surface area contributed by atoms with Crippen molar-refractivity contribution in [3.05, 3.63) is 131 Å². The third-order valence-electron chi connectivity index (χ3n) is 11.7. The molecule has 4 heterocycles. The zero-order valence-corrected chi connectivity index (χ0v) is 27.9. The lowest BCUT2D eigenvalue weighted by Crippen LogP contribution is -2.48. The standard InChI is InChI=1S/C44H39FN2/c1-6-9-14-27-25-29-22-24-47-41-36(29)34(26-27)43(4,5)39-35(45)20-19-33(37(39)41)44(7-2,8-3)38-31-17-12-13-18-32(31)40-30-16-11-10-15-28(30)21-23-46(40)42(38)47/h10-12,15-17,19-26H,6-9,14H2,1-5H3/q+2. The maximum atomic E-state index is 16.7. The topological polar surface area (TPSA) is 7.98 Å². The quantitative estimate of drug-likeness (QED) is 0.135. The number of pyridine rings is 3. The summed E-state index contributed by atoms with van der Waals surface area (Å²) in [6.45, 7) is 11.3. The summed E-state index contributed by atoms with van der Waals surface area (Å²) in [5, 5.41) is 7.11. The van der Waals surface area contributed by atoms with Gasteiger partial charge in [-0.05, 0) is 77.4 Å². The molecule has 1 aliphatic carbocycles. The first-order valence-electron chi connectivity index (χ1n) is 17.3. The second kappa shape index (κ2) is 9.85. The van der Waals surface area contributed by atoms with E-state index in [9.17, 15) is 0 Å². The van der Waals surface area contributed by atoms with Crippen LogP contribution in [-0.2, 0) is 17.3 Å². The monoisotopic (exact) mass is 614 g/mol. The molecular weight excluding hydrogens is 575 g/mol. The van der Waals surface area contributed by atoms with E-state index in [0.717, 1.165) is 65.6 Å². The molecule has 0 unspecified atom stereocenters. The van der Waals surface area contributed by atoms with E-state index in [1.807, 2.05) is 6.07 Å². The summed E-state index contributed by atoms with van der Waals surface area (Å²) in [6.07, 6.45) is 9.56. The van der Waals surface area contributed by atoms with Crippen LogP contribution in [0.15, 0.2) is 85.2 Å². The second-order valence-corrected chi connectivity index (χ2v) is 14.2. The van der Waals surface area contributed by atoms with Gasteiger partial charge < -0.3 is 0 Å². The molecule has 0 radical (unpaired) electrons. The van der Waals surface area contributed by atoms with Crippen LogP contribution in [0.1, 0.15) is 88.1 Å². The van der Waals surface area contributed by atoms with E-state index in [-0.39, 0.29) is 11.2 Å². The molecule has 0 fully saturated rings. The molecule has 0 bridgehead atoms. The van der Waals surface area contributed by atoms with E-state index in [2.05, 4.69) is 129 Å². The molecule has 7 aromatic rings. The molecule has 0 amide bonds. The fourth-order valence-electron chi connectivity index (χ4n) is 9.38. The first-order valence-corrected chi connectivity index (χ1v) is 17.3. The van der Waals surface area contributed by atoms with Crippen LogP contribution in [0, 0.1) is 17.9 Å². The van der Waals surface area contributed by atoms with Crippen LogP contribution in [0.25, 0.3) is 54.9 Å². The number of unbranched alkanes of at least 4 members (excludes halogenated alkanes) is 1. The third kappa shape index (κ3) is 3.51. The fourth-order valence-corrected chi connectivity index (χ4v) is 9.38. The Bertz CT molecular complexity index is 2470. The minimum Gasteiger partial charge on any atom is -0.207 e. The number of rotatable bonds is 5.